The molecule has 1 aliphatic carbocycles. The molecule has 1 aromatic heterocycles. The highest BCUT2D eigenvalue weighted by atomic mass is 16.5. The van der Waals surface area contributed by atoms with E-state index in [0.29, 0.717) is 0 Å². The molecule has 0 amide bonds. The second-order valence-corrected chi connectivity index (χ2v) is 4.64. The van der Waals surface area contributed by atoms with Crippen molar-refractivity contribution in [1.29, 1.82) is 0 Å². The summed E-state index contributed by atoms with van der Waals surface area (Å²) >= 11 is 0. The lowest BCUT2D eigenvalue weighted by atomic mass is 9.83. The molecule has 0 radical (unpaired) electrons. The van der Waals surface area contributed by atoms with Gasteiger partial charge in [-0.05, 0) is 33.6 Å². The van der Waals surface area contributed by atoms with Crippen molar-refractivity contribution in [3.8, 4) is 0 Å². The van der Waals surface area contributed by atoms with Crippen molar-refractivity contribution in [2.24, 2.45) is 5.73 Å². The quantitative estimate of drug-likeness (QED) is 0.754. The first-order valence-electron chi connectivity index (χ1n) is 4.68. The molecule has 3 heteroatoms. The van der Waals surface area contributed by atoms with Gasteiger partial charge in [-0.3, -0.25) is 0 Å². The zero-order valence-corrected chi connectivity index (χ0v) is 8.42. The van der Waals surface area contributed by atoms with Gasteiger partial charge in [-0.2, -0.15) is 0 Å². The van der Waals surface area contributed by atoms with Gasteiger partial charge in [0.25, 0.3) is 0 Å². The predicted molar refractivity (Wildman–Crippen MR) is 50.4 cm³/mol. The second kappa shape index (κ2) is 2.35. The number of rotatable bonds is 2. The molecule has 2 N–H and O–H groups in total. The summed E-state index contributed by atoms with van der Waals surface area (Å²) in [5, 5.41) is 3.91. The number of hydrogen-bond acceptors (Lipinski definition) is 3. The van der Waals surface area contributed by atoms with E-state index in [-0.39, 0.29) is 11.0 Å². The lowest BCUT2D eigenvalue weighted by Gasteiger charge is -2.28. The first-order valence-corrected chi connectivity index (χ1v) is 4.68. The molecule has 1 fully saturated rings. The number of aromatic nitrogens is 1. The number of nitrogens with two attached hydrogens (primary N) is 1. The zero-order valence-electron chi connectivity index (χ0n) is 8.42. The van der Waals surface area contributed by atoms with Gasteiger partial charge in [-0.1, -0.05) is 5.16 Å². The van der Waals surface area contributed by atoms with Gasteiger partial charge in [-0.15, -0.1) is 0 Å². The van der Waals surface area contributed by atoms with Crippen LogP contribution in [0.5, 0.6) is 0 Å². The van der Waals surface area contributed by atoms with E-state index in [9.17, 15) is 0 Å². The molecule has 0 bridgehead atoms. The molecular formula is C10H16N2O. The molecule has 0 atom stereocenters. The van der Waals surface area contributed by atoms with Crippen LogP contribution < -0.4 is 5.73 Å². The van der Waals surface area contributed by atoms with Crippen molar-refractivity contribution >= 4 is 0 Å². The standard InChI is InChI=1S/C10H16N2O/c1-7-6-8(13-12-7)10(4-5-10)9(2,3)11/h6H,4-5,11H2,1-3H3. The second-order valence-electron chi connectivity index (χ2n) is 4.64. The Morgan fingerprint density at radius 3 is 2.46 bits per heavy atom. The van der Waals surface area contributed by atoms with Gasteiger partial charge in [0.05, 0.1) is 5.69 Å². The maximum atomic E-state index is 6.13. The van der Waals surface area contributed by atoms with Crippen LogP contribution in [0.15, 0.2) is 10.6 Å². The van der Waals surface area contributed by atoms with E-state index in [1.54, 1.807) is 0 Å². The molecule has 1 heterocycles. The lowest BCUT2D eigenvalue weighted by molar-refractivity contribution is 0.287. The summed E-state index contributed by atoms with van der Waals surface area (Å²) in [4.78, 5) is 0. The van der Waals surface area contributed by atoms with E-state index in [2.05, 4.69) is 19.0 Å². The van der Waals surface area contributed by atoms with E-state index in [4.69, 9.17) is 10.3 Å². The van der Waals surface area contributed by atoms with Crippen LogP contribution in [0.4, 0.5) is 0 Å². The zero-order chi connectivity index (χ0) is 9.69. The Balaban J connectivity index is 2.36. The van der Waals surface area contributed by atoms with Crippen LogP contribution in [0.2, 0.25) is 0 Å². The van der Waals surface area contributed by atoms with Gasteiger partial charge >= 0.3 is 0 Å². The minimum atomic E-state index is -0.209. The average Bonchev–Trinajstić information content (AvgIpc) is 2.70. The van der Waals surface area contributed by atoms with Crippen molar-refractivity contribution in [2.75, 3.05) is 0 Å². The highest BCUT2D eigenvalue weighted by Gasteiger charge is 2.56. The first-order chi connectivity index (χ1) is 5.96. The molecule has 0 saturated heterocycles. The fraction of sp³-hybridized carbons (Fsp3) is 0.700. The topological polar surface area (TPSA) is 52.0 Å². The molecule has 13 heavy (non-hydrogen) atoms. The molecule has 0 spiro atoms. The summed E-state index contributed by atoms with van der Waals surface area (Å²) in [5.41, 5.74) is 6.91. The minimum Gasteiger partial charge on any atom is -0.360 e. The Morgan fingerprint density at radius 2 is 2.15 bits per heavy atom. The van der Waals surface area contributed by atoms with Crippen LogP contribution in [-0.2, 0) is 5.41 Å². The Hall–Kier alpha value is -0.830. The van der Waals surface area contributed by atoms with E-state index in [1.807, 2.05) is 13.0 Å². The highest BCUT2D eigenvalue weighted by molar-refractivity contribution is 5.29. The van der Waals surface area contributed by atoms with Crippen LogP contribution >= 0.6 is 0 Å². The molecule has 0 unspecified atom stereocenters. The summed E-state index contributed by atoms with van der Waals surface area (Å²) in [5.74, 6) is 0.956. The van der Waals surface area contributed by atoms with Gasteiger partial charge < -0.3 is 10.3 Å². The molecule has 0 aliphatic heterocycles. The Bertz CT molecular complexity index is 318. The first kappa shape index (κ1) is 8.75. The lowest BCUT2D eigenvalue weighted by Crippen LogP contribution is -2.45. The number of nitrogens with zero attached hydrogens (tertiary/aromatic N) is 1. The van der Waals surface area contributed by atoms with E-state index in [1.165, 1.54) is 0 Å². The van der Waals surface area contributed by atoms with Crippen LogP contribution in [-0.4, -0.2) is 10.7 Å². The largest absolute Gasteiger partial charge is 0.360 e. The van der Waals surface area contributed by atoms with Gasteiger partial charge in [0.1, 0.15) is 5.76 Å². The van der Waals surface area contributed by atoms with E-state index < -0.39 is 0 Å². The maximum absolute atomic E-state index is 6.13. The Morgan fingerprint density at radius 1 is 1.54 bits per heavy atom. The molecule has 1 aliphatic rings. The molecule has 1 saturated carbocycles. The molecular weight excluding hydrogens is 164 g/mol. The fourth-order valence-electron chi connectivity index (χ4n) is 1.92. The summed E-state index contributed by atoms with van der Waals surface area (Å²) in [6.07, 6.45) is 2.23. The van der Waals surface area contributed by atoms with Gasteiger partial charge in [0, 0.05) is 17.0 Å². The summed E-state index contributed by atoms with van der Waals surface area (Å²) in [6, 6.07) is 2.00. The van der Waals surface area contributed by atoms with Crippen molar-refractivity contribution in [3.63, 3.8) is 0 Å². The number of aryl methyl sites for hydroxylation is 1. The third-order valence-electron chi connectivity index (χ3n) is 3.08. The van der Waals surface area contributed by atoms with Crippen LogP contribution in [0.3, 0.4) is 0 Å². The van der Waals surface area contributed by atoms with Gasteiger partial charge in [-0.25, -0.2) is 0 Å². The van der Waals surface area contributed by atoms with Crippen LogP contribution in [0.25, 0.3) is 0 Å². The van der Waals surface area contributed by atoms with Crippen LogP contribution in [0, 0.1) is 6.92 Å². The Labute approximate surface area is 78.3 Å². The fourth-order valence-corrected chi connectivity index (χ4v) is 1.92. The smallest absolute Gasteiger partial charge is 0.144 e. The monoisotopic (exact) mass is 180 g/mol. The SMILES string of the molecule is Cc1cc(C2(C(C)(C)N)CC2)on1. The Kier molecular flexibility index (Phi) is 1.58. The highest BCUT2D eigenvalue weighted by Crippen LogP contribution is 2.54. The summed E-state index contributed by atoms with van der Waals surface area (Å²) in [6.45, 7) is 6.04. The van der Waals surface area contributed by atoms with Crippen molar-refractivity contribution < 1.29 is 4.52 Å². The molecule has 0 aromatic carbocycles. The summed E-state index contributed by atoms with van der Waals surface area (Å²) in [7, 11) is 0. The molecule has 72 valence electrons. The minimum absolute atomic E-state index is 0.0499. The normalized spacial score (nSPS) is 20.3. The van der Waals surface area contributed by atoms with Gasteiger partial charge in [0.2, 0.25) is 0 Å². The van der Waals surface area contributed by atoms with Crippen molar-refractivity contribution in [2.45, 2.75) is 44.6 Å². The van der Waals surface area contributed by atoms with E-state index in [0.717, 1.165) is 24.3 Å². The molecule has 2 rings (SSSR count). The molecule has 3 nitrogen and oxygen atoms in total. The third-order valence-corrected chi connectivity index (χ3v) is 3.08. The maximum Gasteiger partial charge on any atom is 0.144 e. The predicted octanol–water partition coefficient (Wildman–Crippen LogP) is 1.75. The number of hydrogen-bond donors (Lipinski definition) is 1. The molecule has 1 aromatic rings. The van der Waals surface area contributed by atoms with Crippen molar-refractivity contribution in [1.82, 2.24) is 5.16 Å². The van der Waals surface area contributed by atoms with Gasteiger partial charge in [0.15, 0.2) is 0 Å². The third kappa shape index (κ3) is 1.18. The van der Waals surface area contributed by atoms with Crippen molar-refractivity contribution in [3.05, 3.63) is 17.5 Å². The summed E-state index contributed by atoms with van der Waals surface area (Å²) < 4.78 is 5.29. The van der Waals surface area contributed by atoms with Crippen LogP contribution in [0.1, 0.15) is 38.1 Å². The van der Waals surface area contributed by atoms with E-state index >= 15 is 0 Å². The average molecular weight is 180 g/mol.